The Morgan fingerprint density at radius 1 is 1.13 bits per heavy atom. The highest BCUT2D eigenvalue weighted by molar-refractivity contribution is 14.1. The molecule has 0 bridgehead atoms. The van der Waals surface area contributed by atoms with E-state index in [4.69, 9.17) is 23.7 Å². The van der Waals surface area contributed by atoms with Gasteiger partial charge in [-0.3, -0.25) is 14.4 Å². The van der Waals surface area contributed by atoms with Gasteiger partial charge in [0.1, 0.15) is 36.1 Å². The van der Waals surface area contributed by atoms with Crippen LogP contribution in [0.5, 0.6) is 23.0 Å². The van der Waals surface area contributed by atoms with Crippen LogP contribution in [0.25, 0.3) is 0 Å². The van der Waals surface area contributed by atoms with Crippen molar-refractivity contribution in [2.24, 2.45) is 0 Å². The lowest BCUT2D eigenvalue weighted by Crippen LogP contribution is -2.57. The Labute approximate surface area is 275 Å². The fraction of sp³-hybridized carbons (Fsp3) is 0.469. The second-order valence-corrected chi connectivity index (χ2v) is 11.8. The molecule has 12 nitrogen and oxygen atoms in total. The van der Waals surface area contributed by atoms with Gasteiger partial charge in [0, 0.05) is 37.3 Å². The summed E-state index contributed by atoms with van der Waals surface area (Å²) in [6.07, 6.45) is 0.865. The Bertz CT molecular complexity index is 1390. The van der Waals surface area contributed by atoms with E-state index in [1.165, 1.54) is 19.3 Å². The van der Waals surface area contributed by atoms with Gasteiger partial charge in [-0.15, -0.1) is 0 Å². The third kappa shape index (κ3) is 8.26. The standard InChI is InChI=1S/C32H39IN2O10/c1-41-22-6-7-25(42-2)20(15-22)8-10-35(32(40)26-5-4-12-44-26)24-16-21(31(39)34-9-11-36)17-27(29(24)38)45-30-23(33)13-19(18-37)14-28(30)43-3/h6-7,13-15,17-18,24,26-27,29,36,38H,4-5,8-12,16H2,1-3H3,(H,34,39)/t24-,26?,27+,29+/m1/s1. The van der Waals surface area contributed by atoms with Gasteiger partial charge in [0.2, 0.25) is 5.91 Å². The zero-order valence-electron chi connectivity index (χ0n) is 25.5. The van der Waals surface area contributed by atoms with Crippen molar-refractivity contribution in [2.75, 3.05) is 47.6 Å². The molecule has 0 saturated carbocycles. The first-order valence-corrected chi connectivity index (χ1v) is 15.7. The molecule has 244 valence electrons. The molecule has 2 aromatic carbocycles. The van der Waals surface area contributed by atoms with E-state index in [9.17, 15) is 24.6 Å². The number of halogens is 1. The van der Waals surface area contributed by atoms with E-state index in [0.717, 1.165) is 12.0 Å². The number of nitrogens with one attached hydrogen (secondary N) is 1. The number of hydrogen-bond acceptors (Lipinski definition) is 10. The summed E-state index contributed by atoms with van der Waals surface area (Å²) in [6, 6.07) is 7.67. The zero-order valence-corrected chi connectivity index (χ0v) is 27.7. The predicted molar refractivity (Wildman–Crippen MR) is 172 cm³/mol. The molecule has 0 radical (unpaired) electrons. The van der Waals surface area contributed by atoms with Crippen molar-refractivity contribution >= 4 is 40.7 Å². The molecule has 1 fully saturated rings. The van der Waals surface area contributed by atoms with Crippen LogP contribution in [0.3, 0.4) is 0 Å². The highest BCUT2D eigenvalue weighted by Gasteiger charge is 2.43. The van der Waals surface area contributed by atoms with E-state index in [-0.39, 0.29) is 49.1 Å². The number of aldehydes is 1. The molecule has 4 atom stereocenters. The third-order valence-corrected chi connectivity index (χ3v) is 8.66. The molecule has 3 N–H and O–H groups in total. The quantitative estimate of drug-likeness (QED) is 0.195. The van der Waals surface area contributed by atoms with Gasteiger partial charge in [-0.1, -0.05) is 0 Å². The Balaban J connectivity index is 1.72. The molecule has 1 aliphatic heterocycles. The van der Waals surface area contributed by atoms with Crippen LogP contribution < -0.4 is 24.3 Å². The molecule has 2 aromatic rings. The van der Waals surface area contributed by atoms with E-state index >= 15 is 0 Å². The summed E-state index contributed by atoms with van der Waals surface area (Å²) < 4.78 is 29.1. The molecule has 4 rings (SSSR count). The minimum absolute atomic E-state index is 0.0298. The number of aliphatic hydroxyl groups is 2. The van der Waals surface area contributed by atoms with Gasteiger partial charge in [-0.25, -0.2) is 0 Å². The molecule has 1 heterocycles. The van der Waals surface area contributed by atoms with Crippen LogP contribution >= 0.6 is 22.6 Å². The summed E-state index contributed by atoms with van der Waals surface area (Å²) in [5, 5.41) is 23.8. The number of methoxy groups -OCH3 is 3. The van der Waals surface area contributed by atoms with Crippen LogP contribution in [0.15, 0.2) is 42.0 Å². The summed E-state index contributed by atoms with van der Waals surface area (Å²) >= 11 is 2.01. The SMILES string of the molecule is COc1ccc(OC)c(CCN(C(=O)C2CCCO2)[C@@H]2CC(C(=O)NCCO)=C[C@H](Oc3c(I)cc(C=O)cc3OC)[C@H]2O)c1. The summed E-state index contributed by atoms with van der Waals surface area (Å²) in [5.74, 6) is 1.05. The number of rotatable bonds is 14. The number of benzene rings is 2. The second kappa shape index (κ2) is 16.2. The fourth-order valence-corrected chi connectivity index (χ4v) is 6.31. The normalized spacial score (nSPS) is 21.0. The number of nitrogens with zero attached hydrogens (tertiary/aromatic N) is 1. The van der Waals surface area contributed by atoms with Gasteiger partial charge < -0.3 is 44.1 Å². The van der Waals surface area contributed by atoms with Crippen molar-refractivity contribution in [3.8, 4) is 23.0 Å². The molecule has 2 aliphatic rings. The van der Waals surface area contributed by atoms with E-state index in [1.54, 1.807) is 37.3 Å². The highest BCUT2D eigenvalue weighted by atomic mass is 127. The topological polar surface area (TPSA) is 153 Å². The average molecular weight is 739 g/mol. The van der Waals surface area contributed by atoms with Crippen molar-refractivity contribution in [3.05, 3.63) is 56.7 Å². The summed E-state index contributed by atoms with van der Waals surface area (Å²) in [4.78, 5) is 40.2. The minimum atomic E-state index is -1.26. The van der Waals surface area contributed by atoms with Crippen LogP contribution in [0.4, 0.5) is 0 Å². The predicted octanol–water partition coefficient (Wildman–Crippen LogP) is 2.30. The third-order valence-electron chi connectivity index (χ3n) is 7.85. The first kappa shape index (κ1) is 34.5. The fourth-order valence-electron chi connectivity index (χ4n) is 5.55. The number of carbonyl (C=O) groups is 3. The maximum absolute atomic E-state index is 14.0. The first-order chi connectivity index (χ1) is 21.7. The van der Waals surface area contributed by atoms with E-state index in [2.05, 4.69) is 5.32 Å². The lowest BCUT2D eigenvalue weighted by molar-refractivity contribution is -0.148. The largest absolute Gasteiger partial charge is 0.497 e. The van der Waals surface area contributed by atoms with E-state index in [0.29, 0.717) is 46.4 Å². The molecular weight excluding hydrogens is 699 g/mol. The maximum Gasteiger partial charge on any atom is 0.252 e. The molecule has 1 unspecified atom stereocenters. The van der Waals surface area contributed by atoms with Crippen molar-refractivity contribution in [1.82, 2.24) is 10.2 Å². The van der Waals surface area contributed by atoms with Crippen molar-refractivity contribution in [3.63, 3.8) is 0 Å². The summed E-state index contributed by atoms with van der Waals surface area (Å²) in [7, 11) is 4.56. The smallest absolute Gasteiger partial charge is 0.252 e. The molecule has 45 heavy (non-hydrogen) atoms. The number of aliphatic hydroxyl groups excluding tert-OH is 2. The zero-order chi connectivity index (χ0) is 32.5. The number of amides is 2. The Hall–Kier alpha value is -3.40. The number of hydrogen-bond donors (Lipinski definition) is 3. The van der Waals surface area contributed by atoms with Crippen molar-refractivity contribution in [1.29, 1.82) is 0 Å². The Kier molecular flexibility index (Phi) is 12.4. The van der Waals surface area contributed by atoms with Gasteiger partial charge in [0.15, 0.2) is 11.5 Å². The molecule has 0 spiro atoms. The van der Waals surface area contributed by atoms with Crippen LogP contribution in [0, 0.1) is 3.57 Å². The summed E-state index contributed by atoms with van der Waals surface area (Å²) in [6.45, 7) is 0.408. The van der Waals surface area contributed by atoms with Crippen LogP contribution in [0.1, 0.15) is 35.2 Å². The molecular formula is C32H39IN2O10. The average Bonchev–Trinajstić information content (AvgIpc) is 3.60. The van der Waals surface area contributed by atoms with Gasteiger partial charge in [0.05, 0.1) is 37.5 Å². The minimum Gasteiger partial charge on any atom is -0.497 e. The molecule has 1 saturated heterocycles. The number of ether oxygens (including phenoxy) is 5. The lowest BCUT2D eigenvalue weighted by Gasteiger charge is -2.41. The van der Waals surface area contributed by atoms with Gasteiger partial charge in [-0.05, 0) is 83.8 Å². The highest BCUT2D eigenvalue weighted by Crippen LogP contribution is 2.37. The maximum atomic E-state index is 14.0. The number of carbonyl (C=O) groups excluding carboxylic acids is 3. The lowest BCUT2D eigenvalue weighted by atomic mass is 9.87. The van der Waals surface area contributed by atoms with Gasteiger partial charge in [-0.2, -0.15) is 0 Å². The molecule has 2 amide bonds. The Morgan fingerprint density at radius 3 is 2.56 bits per heavy atom. The molecule has 1 aliphatic carbocycles. The van der Waals surface area contributed by atoms with Crippen molar-refractivity contribution in [2.45, 2.75) is 50.0 Å². The van der Waals surface area contributed by atoms with Crippen LogP contribution in [-0.4, -0.2) is 105 Å². The Morgan fingerprint density at radius 2 is 1.91 bits per heavy atom. The van der Waals surface area contributed by atoms with Crippen LogP contribution in [-0.2, 0) is 20.7 Å². The summed E-state index contributed by atoms with van der Waals surface area (Å²) in [5.41, 5.74) is 1.46. The van der Waals surface area contributed by atoms with Crippen LogP contribution in [0.2, 0.25) is 0 Å². The van der Waals surface area contributed by atoms with Crippen molar-refractivity contribution < 1.29 is 48.3 Å². The van der Waals surface area contributed by atoms with Gasteiger partial charge >= 0.3 is 0 Å². The second-order valence-electron chi connectivity index (χ2n) is 10.6. The molecule has 0 aromatic heterocycles. The van der Waals surface area contributed by atoms with E-state index < -0.39 is 30.3 Å². The monoisotopic (exact) mass is 738 g/mol. The molecule has 13 heteroatoms. The van der Waals surface area contributed by atoms with Gasteiger partial charge in [0.25, 0.3) is 5.91 Å². The van der Waals surface area contributed by atoms with E-state index in [1.807, 2.05) is 28.7 Å². The first-order valence-electron chi connectivity index (χ1n) is 14.6.